The first-order valence-corrected chi connectivity index (χ1v) is 9.43. The third-order valence-electron chi connectivity index (χ3n) is 3.47. The van der Waals surface area contributed by atoms with E-state index in [-0.39, 0.29) is 11.8 Å². The lowest BCUT2D eigenvalue weighted by Gasteiger charge is -2.17. The maximum absolute atomic E-state index is 12.2. The molecule has 2 aromatic rings. The number of carbonyl (C=O) groups is 2. The number of nitrogens with one attached hydrogen (secondary N) is 1. The second-order valence-corrected chi connectivity index (χ2v) is 7.10. The van der Waals surface area contributed by atoms with Crippen LogP contribution in [0.25, 0.3) is 0 Å². The number of hydrogen-bond donors (Lipinski definition) is 1. The van der Waals surface area contributed by atoms with E-state index in [4.69, 9.17) is 16.3 Å². The first-order valence-electron chi connectivity index (χ1n) is 8.07. The molecule has 0 saturated heterocycles. The van der Waals surface area contributed by atoms with Gasteiger partial charge in [-0.2, -0.15) is 0 Å². The van der Waals surface area contributed by atoms with Gasteiger partial charge in [0.05, 0.1) is 12.3 Å². The van der Waals surface area contributed by atoms with Crippen LogP contribution in [0.1, 0.15) is 6.92 Å². The van der Waals surface area contributed by atoms with Crippen molar-refractivity contribution in [3.8, 4) is 5.75 Å². The number of anilines is 1. The lowest BCUT2D eigenvalue weighted by Crippen LogP contribution is -2.32. The van der Waals surface area contributed by atoms with Crippen LogP contribution in [0.2, 0.25) is 5.02 Å². The Morgan fingerprint density at radius 2 is 1.77 bits per heavy atom. The van der Waals surface area contributed by atoms with Crippen LogP contribution in [-0.4, -0.2) is 42.7 Å². The number of nitrogens with zero attached hydrogens (tertiary/aromatic N) is 1. The predicted octanol–water partition coefficient (Wildman–Crippen LogP) is 3.93. The lowest BCUT2D eigenvalue weighted by atomic mass is 10.3. The van der Waals surface area contributed by atoms with E-state index in [0.717, 1.165) is 16.3 Å². The van der Waals surface area contributed by atoms with Crippen LogP contribution < -0.4 is 10.1 Å². The quantitative estimate of drug-likeness (QED) is 0.691. The van der Waals surface area contributed by atoms with E-state index in [0.29, 0.717) is 23.9 Å². The molecule has 1 N–H and O–H groups in total. The van der Waals surface area contributed by atoms with Gasteiger partial charge >= 0.3 is 0 Å². The Morgan fingerprint density at radius 3 is 2.38 bits per heavy atom. The monoisotopic (exact) mass is 392 g/mol. The largest absolute Gasteiger partial charge is 0.492 e. The topological polar surface area (TPSA) is 58.6 Å². The van der Waals surface area contributed by atoms with Crippen molar-refractivity contribution in [3.05, 3.63) is 53.6 Å². The zero-order valence-corrected chi connectivity index (χ0v) is 16.3. The maximum atomic E-state index is 12.2. The van der Waals surface area contributed by atoms with E-state index >= 15 is 0 Å². The van der Waals surface area contributed by atoms with E-state index in [1.54, 1.807) is 36.2 Å². The van der Waals surface area contributed by atoms with Crippen molar-refractivity contribution in [1.82, 2.24) is 4.90 Å². The SMILES string of the molecule is CC(=O)Nc1ccc(SCC(=O)N(C)CCOc2ccc(Cl)cc2)cc1. The van der Waals surface area contributed by atoms with Crippen LogP contribution in [0.4, 0.5) is 5.69 Å². The van der Waals surface area contributed by atoms with Crippen molar-refractivity contribution in [2.75, 3.05) is 31.3 Å². The fraction of sp³-hybridized carbons (Fsp3) is 0.263. The number of hydrogen-bond acceptors (Lipinski definition) is 4. The van der Waals surface area contributed by atoms with E-state index in [2.05, 4.69) is 5.32 Å². The van der Waals surface area contributed by atoms with E-state index < -0.39 is 0 Å². The number of ether oxygens (including phenoxy) is 1. The minimum absolute atomic E-state index is 0.0284. The fourth-order valence-corrected chi connectivity index (χ4v) is 3.01. The Balaban J connectivity index is 1.71. The molecule has 0 heterocycles. The van der Waals surface area contributed by atoms with Gasteiger partial charge in [-0.1, -0.05) is 11.6 Å². The van der Waals surface area contributed by atoms with E-state index in [9.17, 15) is 9.59 Å². The second-order valence-electron chi connectivity index (χ2n) is 5.61. The molecule has 0 aromatic heterocycles. The summed E-state index contributed by atoms with van der Waals surface area (Å²) in [6.07, 6.45) is 0. The smallest absolute Gasteiger partial charge is 0.232 e. The lowest BCUT2D eigenvalue weighted by molar-refractivity contribution is -0.127. The molecule has 2 amide bonds. The van der Waals surface area contributed by atoms with Crippen LogP contribution in [0.15, 0.2) is 53.4 Å². The van der Waals surface area contributed by atoms with Crippen molar-refractivity contribution in [3.63, 3.8) is 0 Å². The first-order chi connectivity index (χ1) is 12.4. The van der Waals surface area contributed by atoms with Gasteiger partial charge in [0.25, 0.3) is 0 Å². The highest BCUT2D eigenvalue weighted by atomic mass is 35.5. The molecule has 0 saturated carbocycles. The molecule has 0 radical (unpaired) electrons. The summed E-state index contributed by atoms with van der Waals surface area (Å²) in [4.78, 5) is 25.8. The van der Waals surface area contributed by atoms with Crippen molar-refractivity contribution < 1.29 is 14.3 Å². The Labute approximate surface area is 162 Å². The molecular weight excluding hydrogens is 372 g/mol. The van der Waals surface area contributed by atoms with Gasteiger partial charge in [0.15, 0.2) is 0 Å². The van der Waals surface area contributed by atoms with Crippen LogP contribution >= 0.6 is 23.4 Å². The van der Waals surface area contributed by atoms with Gasteiger partial charge in [0.1, 0.15) is 12.4 Å². The van der Waals surface area contributed by atoms with E-state index in [1.807, 2.05) is 24.3 Å². The minimum atomic E-state index is -0.108. The highest BCUT2D eigenvalue weighted by molar-refractivity contribution is 8.00. The van der Waals surface area contributed by atoms with Gasteiger partial charge in [0, 0.05) is 29.6 Å². The number of rotatable bonds is 8. The van der Waals surface area contributed by atoms with Gasteiger partial charge in [-0.3, -0.25) is 9.59 Å². The molecule has 138 valence electrons. The molecule has 0 aliphatic carbocycles. The van der Waals surface area contributed by atoms with Crippen LogP contribution in [0.5, 0.6) is 5.75 Å². The molecule has 0 unspecified atom stereocenters. The first kappa shape index (κ1) is 20.1. The Morgan fingerprint density at radius 1 is 1.12 bits per heavy atom. The molecule has 0 bridgehead atoms. The number of halogens is 1. The van der Waals surface area contributed by atoms with Crippen molar-refractivity contribution in [2.45, 2.75) is 11.8 Å². The van der Waals surface area contributed by atoms with Crippen LogP contribution in [0, 0.1) is 0 Å². The molecular formula is C19H21ClN2O3S. The summed E-state index contributed by atoms with van der Waals surface area (Å²) in [6, 6.07) is 14.5. The molecule has 2 aromatic carbocycles. The Hall–Kier alpha value is -2.18. The summed E-state index contributed by atoms with van der Waals surface area (Å²) in [5.41, 5.74) is 0.740. The van der Waals surface area contributed by atoms with Gasteiger partial charge < -0.3 is 15.0 Å². The molecule has 0 fully saturated rings. The molecule has 2 rings (SSSR count). The van der Waals surface area contributed by atoms with E-state index in [1.165, 1.54) is 18.7 Å². The highest BCUT2D eigenvalue weighted by Gasteiger charge is 2.09. The third kappa shape index (κ3) is 6.98. The average Bonchev–Trinajstić information content (AvgIpc) is 2.62. The summed E-state index contributed by atoms with van der Waals surface area (Å²) in [5.74, 6) is 0.990. The fourth-order valence-electron chi connectivity index (χ4n) is 2.05. The molecule has 0 aliphatic heterocycles. The average molecular weight is 393 g/mol. The predicted molar refractivity (Wildman–Crippen MR) is 106 cm³/mol. The maximum Gasteiger partial charge on any atom is 0.232 e. The molecule has 7 heteroatoms. The van der Waals surface area contributed by atoms with Crippen LogP contribution in [0.3, 0.4) is 0 Å². The molecule has 5 nitrogen and oxygen atoms in total. The van der Waals surface area contributed by atoms with Gasteiger partial charge in [0.2, 0.25) is 11.8 Å². The third-order valence-corrected chi connectivity index (χ3v) is 4.72. The molecule has 0 atom stereocenters. The standard InChI is InChI=1S/C19H21ClN2O3S/c1-14(23)21-16-5-9-18(10-6-16)26-13-19(24)22(2)11-12-25-17-7-3-15(20)4-8-17/h3-10H,11-13H2,1-2H3,(H,21,23). The number of amides is 2. The van der Waals surface area contributed by atoms with Gasteiger partial charge in [-0.25, -0.2) is 0 Å². The molecule has 0 aliphatic rings. The number of benzene rings is 2. The zero-order valence-electron chi connectivity index (χ0n) is 14.7. The van der Waals surface area contributed by atoms with Crippen LogP contribution in [-0.2, 0) is 9.59 Å². The summed E-state index contributed by atoms with van der Waals surface area (Å²) < 4.78 is 5.60. The summed E-state index contributed by atoms with van der Waals surface area (Å²) in [7, 11) is 1.76. The van der Waals surface area contributed by atoms with Crippen molar-refractivity contribution in [1.29, 1.82) is 0 Å². The summed E-state index contributed by atoms with van der Waals surface area (Å²) in [5, 5.41) is 3.37. The summed E-state index contributed by atoms with van der Waals surface area (Å²) >= 11 is 7.28. The second kappa shape index (κ2) is 10.1. The van der Waals surface area contributed by atoms with Crippen molar-refractivity contribution >= 4 is 40.9 Å². The minimum Gasteiger partial charge on any atom is -0.492 e. The van der Waals surface area contributed by atoms with Gasteiger partial charge in [-0.15, -0.1) is 11.8 Å². The number of thioether (sulfide) groups is 1. The Kier molecular flexibility index (Phi) is 7.81. The molecule has 26 heavy (non-hydrogen) atoms. The normalized spacial score (nSPS) is 10.3. The van der Waals surface area contributed by atoms with Gasteiger partial charge in [-0.05, 0) is 48.5 Å². The zero-order chi connectivity index (χ0) is 18.9. The summed E-state index contributed by atoms with van der Waals surface area (Å²) in [6.45, 7) is 2.39. The Bertz CT molecular complexity index is 735. The van der Waals surface area contributed by atoms with Crippen molar-refractivity contribution in [2.24, 2.45) is 0 Å². The number of carbonyl (C=O) groups excluding carboxylic acids is 2. The molecule has 0 spiro atoms. The number of likely N-dealkylation sites (N-methyl/N-ethyl adjacent to an activating group) is 1. The highest BCUT2D eigenvalue weighted by Crippen LogP contribution is 2.20.